The second-order valence-corrected chi connectivity index (χ2v) is 4.92. The Morgan fingerprint density at radius 3 is 3.12 bits per heavy atom. The lowest BCUT2D eigenvalue weighted by Gasteiger charge is -2.08. The molecule has 1 aromatic heterocycles. The molecule has 16 heavy (non-hydrogen) atoms. The van der Waals surface area contributed by atoms with E-state index in [2.05, 4.69) is 15.5 Å². The summed E-state index contributed by atoms with van der Waals surface area (Å²) in [4.78, 5) is 0. The minimum absolute atomic E-state index is 0.398. The molecule has 1 aromatic rings. The summed E-state index contributed by atoms with van der Waals surface area (Å²) in [6.45, 7) is 1.67. The van der Waals surface area contributed by atoms with Crippen LogP contribution >= 0.6 is 11.8 Å². The number of ether oxygens (including phenoxy) is 1. The van der Waals surface area contributed by atoms with Crippen molar-refractivity contribution >= 4 is 11.8 Å². The normalized spacial score (nSPS) is 20.5. The molecule has 0 spiro atoms. The molecule has 0 radical (unpaired) electrons. The van der Waals surface area contributed by atoms with Crippen LogP contribution in [0.4, 0.5) is 0 Å². The Bertz CT molecular complexity index is 336. The third-order valence-electron chi connectivity index (χ3n) is 2.68. The van der Waals surface area contributed by atoms with Gasteiger partial charge in [0.15, 0.2) is 5.16 Å². The number of nitrogens with one attached hydrogen (secondary N) is 1. The Hall–Kier alpha value is -0.590. The van der Waals surface area contributed by atoms with Crippen LogP contribution in [0.15, 0.2) is 5.16 Å². The van der Waals surface area contributed by atoms with Crippen LogP contribution in [-0.2, 0) is 18.3 Å². The first-order valence-electron chi connectivity index (χ1n) is 5.58. The smallest absolute Gasteiger partial charge is 0.191 e. The average Bonchev–Trinajstić information content (AvgIpc) is 2.89. The zero-order chi connectivity index (χ0) is 11.4. The lowest BCUT2D eigenvalue weighted by molar-refractivity contribution is 0.129. The number of aromatic nitrogens is 3. The van der Waals surface area contributed by atoms with E-state index in [-0.39, 0.29) is 0 Å². The van der Waals surface area contributed by atoms with Crippen molar-refractivity contribution < 1.29 is 4.74 Å². The summed E-state index contributed by atoms with van der Waals surface area (Å²) in [5.41, 5.74) is 0. The summed E-state index contributed by atoms with van der Waals surface area (Å²) in [5, 5.41) is 12.4. The largest absolute Gasteiger partial charge is 0.377 e. The first-order valence-corrected chi connectivity index (χ1v) is 6.57. The van der Waals surface area contributed by atoms with Crippen molar-refractivity contribution in [3.8, 4) is 0 Å². The Labute approximate surface area is 100.0 Å². The molecular weight excluding hydrogens is 224 g/mol. The van der Waals surface area contributed by atoms with Crippen molar-refractivity contribution in [1.29, 1.82) is 0 Å². The minimum atomic E-state index is 0.398. The molecule has 1 aliphatic heterocycles. The molecule has 90 valence electrons. The molecule has 0 aliphatic carbocycles. The molecule has 1 fully saturated rings. The van der Waals surface area contributed by atoms with Gasteiger partial charge in [-0.2, -0.15) is 0 Å². The summed E-state index contributed by atoms with van der Waals surface area (Å²) >= 11 is 1.73. The van der Waals surface area contributed by atoms with Gasteiger partial charge < -0.3 is 14.6 Å². The highest BCUT2D eigenvalue weighted by atomic mass is 32.2. The molecule has 2 rings (SSSR count). The maximum atomic E-state index is 5.58. The van der Waals surface area contributed by atoms with Crippen molar-refractivity contribution in [2.24, 2.45) is 7.05 Å². The van der Waals surface area contributed by atoms with Crippen LogP contribution in [0.2, 0.25) is 0 Å². The van der Waals surface area contributed by atoms with Crippen LogP contribution in [0.25, 0.3) is 0 Å². The van der Waals surface area contributed by atoms with Crippen molar-refractivity contribution in [2.75, 3.05) is 19.4 Å². The lowest BCUT2D eigenvalue weighted by Crippen LogP contribution is -2.11. The lowest BCUT2D eigenvalue weighted by atomic mass is 10.3. The molecule has 2 heterocycles. The number of rotatable bonds is 5. The zero-order valence-corrected chi connectivity index (χ0v) is 10.6. The van der Waals surface area contributed by atoms with E-state index in [1.54, 1.807) is 11.8 Å². The monoisotopic (exact) mass is 242 g/mol. The quantitative estimate of drug-likeness (QED) is 0.774. The molecule has 0 saturated carbocycles. The molecule has 6 heteroatoms. The van der Waals surface area contributed by atoms with Crippen LogP contribution in [0.3, 0.4) is 0 Å². The summed E-state index contributed by atoms with van der Waals surface area (Å²) in [7, 11) is 3.92. The highest BCUT2D eigenvalue weighted by Gasteiger charge is 2.17. The van der Waals surface area contributed by atoms with Crippen LogP contribution in [0, 0.1) is 0 Å². The predicted molar refractivity (Wildman–Crippen MR) is 63.5 cm³/mol. The third-order valence-corrected chi connectivity index (χ3v) is 3.83. The Morgan fingerprint density at radius 2 is 2.44 bits per heavy atom. The molecule has 1 saturated heterocycles. The summed E-state index contributed by atoms with van der Waals surface area (Å²) < 4.78 is 7.62. The topological polar surface area (TPSA) is 52.0 Å². The van der Waals surface area contributed by atoms with Crippen molar-refractivity contribution in [3.63, 3.8) is 0 Å². The SMILES string of the molecule is CNCc1nnc(SC[C@@H]2CCCO2)n1C. The van der Waals surface area contributed by atoms with Crippen molar-refractivity contribution in [3.05, 3.63) is 5.82 Å². The van der Waals surface area contributed by atoms with Gasteiger partial charge in [0.25, 0.3) is 0 Å². The number of hydrogen-bond donors (Lipinski definition) is 1. The van der Waals surface area contributed by atoms with Gasteiger partial charge in [-0.15, -0.1) is 10.2 Å². The minimum Gasteiger partial charge on any atom is -0.377 e. The van der Waals surface area contributed by atoms with Gasteiger partial charge in [-0.3, -0.25) is 0 Å². The Balaban J connectivity index is 1.88. The van der Waals surface area contributed by atoms with E-state index in [4.69, 9.17) is 4.74 Å². The molecule has 0 aromatic carbocycles. The summed E-state index contributed by atoms with van der Waals surface area (Å²) in [6.07, 6.45) is 2.76. The van der Waals surface area contributed by atoms with Gasteiger partial charge in [0, 0.05) is 19.4 Å². The Kier molecular flexibility index (Phi) is 4.20. The van der Waals surface area contributed by atoms with Crippen molar-refractivity contribution in [1.82, 2.24) is 20.1 Å². The molecule has 1 N–H and O–H groups in total. The molecule has 1 aliphatic rings. The zero-order valence-electron chi connectivity index (χ0n) is 9.77. The fourth-order valence-corrected chi connectivity index (χ4v) is 2.72. The van der Waals surface area contributed by atoms with Gasteiger partial charge in [0.2, 0.25) is 0 Å². The van der Waals surface area contributed by atoms with Crippen molar-refractivity contribution in [2.45, 2.75) is 30.6 Å². The Morgan fingerprint density at radius 1 is 1.56 bits per heavy atom. The maximum absolute atomic E-state index is 5.58. The second kappa shape index (κ2) is 5.65. The highest BCUT2D eigenvalue weighted by molar-refractivity contribution is 7.99. The standard InChI is InChI=1S/C10H18N4OS/c1-11-6-9-12-13-10(14(9)2)16-7-8-4-3-5-15-8/h8,11H,3-7H2,1-2H3/t8-/m0/s1. The number of nitrogens with zero attached hydrogens (tertiary/aromatic N) is 3. The van der Waals surface area contributed by atoms with E-state index in [1.807, 2.05) is 18.7 Å². The maximum Gasteiger partial charge on any atom is 0.191 e. The summed E-state index contributed by atoms with van der Waals surface area (Å²) in [6, 6.07) is 0. The van der Waals surface area contributed by atoms with Gasteiger partial charge in [-0.25, -0.2) is 0 Å². The average molecular weight is 242 g/mol. The molecule has 0 unspecified atom stereocenters. The van der Waals surface area contributed by atoms with Crippen LogP contribution in [0.1, 0.15) is 18.7 Å². The molecule has 5 nitrogen and oxygen atoms in total. The second-order valence-electron chi connectivity index (χ2n) is 3.93. The summed E-state index contributed by atoms with van der Waals surface area (Å²) in [5.74, 6) is 1.95. The fraction of sp³-hybridized carbons (Fsp3) is 0.800. The number of thioether (sulfide) groups is 1. The van der Waals surface area contributed by atoms with E-state index in [0.717, 1.165) is 29.9 Å². The molecular formula is C10H18N4OS. The molecule has 1 atom stereocenters. The highest BCUT2D eigenvalue weighted by Crippen LogP contribution is 2.22. The van der Waals surface area contributed by atoms with E-state index in [1.165, 1.54) is 12.8 Å². The first-order chi connectivity index (χ1) is 7.81. The fourth-order valence-electron chi connectivity index (χ4n) is 1.73. The van der Waals surface area contributed by atoms with Gasteiger partial charge in [-0.05, 0) is 19.9 Å². The van der Waals surface area contributed by atoms with E-state index in [9.17, 15) is 0 Å². The molecule has 0 amide bonds. The van der Waals surface area contributed by atoms with Crippen LogP contribution in [-0.4, -0.2) is 40.3 Å². The predicted octanol–water partition coefficient (Wildman–Crippen LogP) is 0.806. The van der Waals surface area contributed by atoms with Gasteiger partial charge in [0.05, 0.1) is 12.6 Å². The van der Waals surface area contributed by atoms with Gasteiger partial charge in [0.1, 0.15) is 5.82 Å². The van der Waals surface area contributed by atoms with E-state index >= 15 is 0 Å². The van der Waals surface area contributed by atoms with E-state index in [0.29, 0.717) is 6.10 Å². The van der Waals surface area contributed by atoms with E-state index < -0.39 is 0 Å². The van der Waals surface area contributed by atoms with Crippen LogP contribution < -0.4 is 5.32 Å². The van der Waals surface area contributed by atoms with Gasteiger partial charge in [-0.1, -0.05) is 11.8 Å². The first kappa shape index (κ1) is 11.9. The van der Waals surface area contributed by atoms with Gasteiger partial charge >= 0.3 is 0 Å². The third kappa shape index (κ3) is 2.75. The molecule has 0 bridgehead atoms. The van der Waals surface area contributed by atoms with Crippen LogP contribution in [0.5, 0.6) is 0 Å². The number of hydrogen-bond acceptors (Lipinski definition) is 5.